The molecule has 1 aliphatic heterocycles. The third-order valence-corrected chi connectivity index (χ3v) is 4.54. The van der Waals surface area contributed by atoms with Crippen LogP contribution in [0.25, 0.3) is 0 Å². The minimum atomic E-state index is 0.466. The Balaban J connectivity index is 2.08. The largest absolute Gasteiger partial charge is 0.316 e. The van der Waals surface area contributed by atoms with E-state index >= 15 is 0 Å². The van der Waals surface area contributed by atoms with Crippen LogP contribution in [-0.2, 0) is 0 Å². The molecule has 54 valence electrons. The zero-order chi connectivity index (χ0) is 6.53. The molecule has 0 bridgehead atoms. The van der Waals surface area contributed by atoms with Crippen LogP contribution in [0.15, 0.2) is 0 Å². The molecule has 9 heavy (non-hydrogen) atoms. The fourth-order valence-electron chi connectivity index (χ4n) is 1.25. The van der Waals surface area contributed by atoms with Crippen LogP contribution >= 0.6 is 7.92 Å². The SMILES string of the molecule is CCCP1CCNCC1. The molecular weight excluding hydrogens is 129 g/mol. The smallest absolute Gasteiger partial charge is 0.000935 e. The van der Waals surface area contributed by atoms with Crippen LogP contribution in [0.4, 0.5) is 0 Å². The highest BCUT2D eigenvalue weighted by Gasteiger charge is 2.09. The van der Waals surface area contributed by atoms with Gasteiger partial charge in [0.2, 0.25) is 0 Å². The highest BCUT2D eigenvalue weighted by Crippen LogP contribution is 2.35. The molecule has 1 fully saturated rings. The zero-order valence-electron chi connectivity index (χ0n) is 6.19. The lowest BCUT2D eigenvalue weighted by Crippen LogP contribution is -2.27. The van der Waals surface area contributed by atoms with Crippen LogP contribution in [0.2, 0.25) is 0 Å². The van der Waals surface area contributed by atoms with Gasteiger partial charge in [-0.05, 0) is 31.6 Å². The molecule has 0 spiro atoms. The lowest BCUT2D eigenvalue weighted by atomic mass is 10.6. The summed E-state index contributed by atoms with van der Waals surface area (Å²) in [6, 6.07) is 0. The van der Waals surface area contributed by atoms with E-state index in [1.54, 1.807) is 0 Å². The summed E-state index contributed by atoms with van der Waals surface area (Å²) < 4.78 is 0. The van der Waals surface area contributed by atoms with Crippen LogP contribution in [0.3, 0.4) is 0 Å². The van der Waals surface area contributed by atoms with Crippen LogP contribution < -0.4 is 5.32 Å². The van der Waals surface area contributed by atoms with Crippen molar-refractivity contribution in [2.24, 2.45) is 0 Å². The predicted octanol–water partition coefficient (Wildman–Crippen LogP) is 1.48. The fourth-order valence-corrected chi connectivity index (χ4v) is 3.50. The second-order valence-corrected chi connectivity index (χ2v) is 5.27. The Morgan fingerprint density at radius 2 is 2.00 bits per heavy atom. The van der Waals surface area contributed by atoms with Gasteiger partial charge in [-0.15, -0.1) is 7.92 Å². The summed E-state index contributed by atoms with van der Waals surface area (Å²) in [7, 11) is 0.466. The lowest BCUT2D eigenvalue weighted by molar-refractivity contribution is 0.744. The highest BCUT2D eigenvalue weighted by molar-refractivity contribution is 7.57. The molecular formula is C7H16NP. The van der Waals surface area contributed by atoms with Gasteiger partial charge in [0.25, 0.3) is 0 Å². The van der Waals surface area contributed by atoms with Crippen LogP contribution in [-0.4, -0.2) is 31.6 Å². The van der Waals surface area contributed by atoms with Crippen molar-refractivity contribution in [1.29, 1.82) is 0 Å². The van der Waals surface area contributed by atoms with Crippen LogP contribution in [0, 0.1) is 0 Å². The number of nitrogens with one attached hydrogen (secondary N) is 1. The Morgan fingerprint density at radius 3 is 2.56 bits per heavy atom. The zero-order valence-corrected chi connectivity index (χ0v) is 7.08. The van der Waals surface area contributed by atoms with Crippen molar-refractivity contribution in [3.63, 3.8) is 0 Å². The molecule has 1 aliphatic rings. The van der Waals surface area contributed by atoms with Gasteiger partial charge in [0, 0.05) is 0 Å². The highest BCUT2D eigenvalue weighted by atomic mass is 31.1. The van der Waals surface area contributed by atoms with Gasteiger partial charge in [-0.2, -0.15) is 0 Å². The molecule has 0 unspecified atom stereocenters. The van der Waals surface area contributed by atoms with E-state index in [2.05, 4.69) is 12.2 Å². The topological polar surface area (TPSA) is 12.0 Å². The number of hydrogen-bond donors (Lipinski definition) is 1. The van der Waals surface area contributed by atoms with Crippen LogP contribution in [0.5, 0.6) is 0 Å². The van der Waals surface area contributed by atoms with Gasteiger partial charge in [0.1, 0.15) is 0 Å². The molecule has 1 saturated heterocycles. The summed E-state index contributed by atoms with van der Waals surface area (Å²) >= 11 is 0. The maximum Gasteiger partial charge on any atom is -0.000935 e. The van der Waals surface area contributed by atoms with E-state index < -0.39 is 0 Å². The van der Waals surface area contributed by atoms with E-state index in [0.717, 1.165) is 0 Å². The van der Waals surface area contributed by atoms with E-state index in [1.807, 2.05) is 0 Å². The maximum absolute atomic E-state index is 3.39. The van der Waals surface area contributed by atoms with Gasteiger partial charge < -0.3 is 5.32 Å². The predicted molar refractivity (Wildman–Crippen MR) is 44.7 cm³/mol. The van der Waals surface area contributed by atoms with Crippen molar-refractivity contribution in [2.45, 2.75) is 13.3 Å². The van der Waals surface area contributed by atoms with E-state index in [4.69, 9.17) is 0 Å². The minimum Gasteiger partial charge on any atom is -0.316 e. The Bertz CT molecular complexity index is 66.6. The quantitative estimate of drug-likeness (QED) is 0.580. The number of rotatable bonds is 2. The van der Waals surface area contributed by atoms with Gasteiger partial charge in [0.15, 0.2) is 0 Å². The van der Waals surface area contributed by atoms with Crippen LogP contribution in [0.1, 0.15) is 13.3 Å². The number of hydrogen-bond acceptors (Lipinski definition) is 1. The Morgan fingerprint density at radius 1 is 1.33 bits per heavy atom. The van der Waals surface area contributed by atoms with Gasteiger partial charge in [-0.1, -0.05) is 13.3 Å². The van der Waals surface area contributed by atoms with Crippen molar-refractivity contribution in [3.05, 3.63) is 0 Å². The average molecular weight is 145 g/mol. The maximum atomic E-state index is 3.39. The third kappa shape index (κ3) is 2.64. The van der Waals surface area contributed by atoms with Gasteiger partial charge in [-0.25, -0.2) is 0 Å². The van der Waals surface area contributed by atoms with Gasteiger partial charge in [0.05, 0.1) is 0 Å². The molecule has 2 heteroatoms. The Kier molecular flexibility index (Phi) is 3.54. The first-order valence-corrected chi connectivity index (χ1v) is 5.76. The summed E-state index contributed by atoms with van der Waals surface area (Å²) in [5, 5.41) is 3.39. The van der Waals surface area contributed by atoms with Crippen molar-refractivity contribution in [3.8, 4) is 0 Å². The minimum absolute atomic E-state index is 0.466. The van der Waals surface area contributed by atoms with Crippen molar-refractivity contribution in [2.75, 3.05) is 31.6 Å². The molecule has 0 saturated carbocycles. The Hall–Kier alpha value is 0.390. The molecule has 0 aliphatic carbocycles. The van der Waals surface area contributed by atoms with E-state index in [9.17, 15) is 0 Å². The molecule has 0 aromatic carbocycles. The van der Waals surface area contributed by atoms with Gasteiger partial charge in [-0.3, -0.25) is 0 Å². The first kappa shape index (κ1) is 7.50. The second kappa shape index (κ2) is 4.24. The van der Waals surface area contributed by atoms with Crippen molar-refractivity contribution >= 4 is 7.92 Å². The molecule has 1 rings (SSSR count). The Labute approximate surface area is 59.0 Å². The molecule has 1 heterocycles. The van der Waals surface area contributed by atoms with Crippen molar-refractivity contribution in [1.82, 2.24) is 5.32 Å². The summed E-state index contributed by atoms with van der Waals surface area (Å²) in [6.07, 6.45) is 5.86. The molecule has 0 radical (unpaired) electrons. The molecule has 0 aromatic rings. The normalized spacial score (nSPS) is 22.3. The van der Waals surface area contributed by atoms with Gasteiger partial charge >= 0.3 is 0 Å². The average Bonchev–Trinajstić information content (AvgIpc) is 1.91. The van der Waals surface area contributed by atoms with Crippen molar-refractivity contribution < 1.29 is 0 Å². The fraction of sp³-hybridized carbons (Fsp3) is 1.00. The second-order valence-electron chi connectivity index (χ2n) is 2.59. The molecule has 0 amide bonds. The van der Waals surface area contributed by atoms with E-state index in [0.29, 0.717) is 7.92 Å². The first-order chi connectivity index (χ1) is 4.43. The third-order valence-electron chi connectivity index (χ3n) is 1.75. The molecule has 0 aromatic heterocycles. The summed E-state index contributed by atoms with van der Waals surface area (Å²) in [6.45, 7) is 4.86. The monoisotopic (exact) mass is 145 g/mol. The summed E-state index contributed by atoms with van der Waals surface area (Å²) in [5.74, 6) is 0. The summed E-state index contributed by atoms with van der Waals surface area (Å²) in [4.78, 5) is 0. The van der Waals surface area contributed by atoms with E-state index in [1.165, 1.54) is 38.0 Å². The standard InChI is InChI=1S/C7H16NP/c1-2-5-9-6-3-8-4-7-9/h8H,2-7H2,1H3. The molecule has 1 N–H and O–H groups in total. The summed E-state index contributed by atoms with van der Waals surface area (Å²) in [5.41, 5.74) is 0. The molecule has 1 nitrogen and oxygen atoms in total. The van der Waals surface area contributed by atoms with E-state index in [-0.39, 0.29) is 0 Å². The molecule has 0 atom stereocenters. The first-order valence-electron chi connectivity index (χ1n) is 3.86. The lowest BCUT2D eigenvalue weighted by Gasteiger charge is -2.22.